The van der Waals surface area contributed by atoms with Crippen molar-refractivity contribution < 1.29 is 29.2 Å². The fraction of sp³-hybridized carbons (Fsp3) is 0.389. The number of hydrogen-bond donors (Lipinski definition) is 4. The quantitative estimate of drug-likeness (QED) is 0.437. The van der Waals surface area contributed by atoms with Gasteiger partial charge in [-0.05, 0) is 17.7 Å². The number of halogens is 1. The minimum absolute atomic E-state index is 0.00519. The van der Waals surface area contributed by atoms with Gasteiger partial charge in [0.05, 0.1) is 19.5 Å². The molecule has 1 saturated heterocycles. The Balaban J connectivity index is 1.54. The monoisotopic (exact) mass is 405 g/mol. The molecule has 0 amide bonds. The van der Waals surface area contributed by atoms with E-state index in [1.165, 1.54) is 23.0 Å². The van der Waals surface area contributed by atoms with Crippen LogP contribution in [0.25, 0.3) is 11.2 Å². The number of aliphatic hydroxyl groups excluding tert-OH is 3. The summed E-state index contributed by atoms with van der Waals surface area (Å²) in [7, 11) is 0. The van der Waals surface area contributed by atoms with Crippen LogP contribution >= 0.6 is 0 Å². The van der Waals surface area contributed by atoms with Crippen LogP contribution in [0.1, 0.15) is 11.8 Å². The summed E-state index contributed by atoms with van der Waals surface area (Å²) in [5.41, 5.74) is 7.37. The number of aliphatic hydroxyl groups is 3. The van der Waals surface area contributed by atoms with Gasteiger partial charge in [-0.3, -0.25) is 4.57 Å². The van der Waals surface area contributed by atoms with E-state index in [0.717, 1.165) is 5.56 Å². The zero-order chi connectivity index (χ0) is 20.5. The van der Waals surface area contributed by atoms with E-state index < -0.39 is 31.1 Å². The van der Waals surface area contributed by atoms with Crippen LogP contribution in [-0.4, -0.2) is 66.4 Å². The molecule has 5 N–H and O–H groups in total. The van der Waals surface area contributed by atoms with Gasteiger partial charge >= 0.3 is 6.01 Å². The number of ether oxygens (including phenoxy) is 2. The van der Waals surface area contributed by atoms with E-state index in [2.05, 4.69) is 15.0 Å². The van der Waals surface area contributed by atoms with Crippen molar-refractivity contribution in [2.24, 2.45) is 0 Å². The molecule has 3 heterocycles. The summed E-state index contributed by atoms with van der Waals surface area (Å²) in [6, 6.07) is 6.07. The molecule has 29 heavy (non-hydrogen) atoms. The van der Waals surface area contributed by atoms with E-state index in [1.54, 1.807) is 12.1 Å². The second kappa shape index (κ2) is 7.87. The molecule has 0 spiro atoms. The van der Waals surface area contributed by atoms with Gasteiger partial charge in [-0.1, -0.05) is 12.1 Å². The van der Waals surface area contributed by atoms with E-state index in [-0.39, 0.29) is 35.4 Å². The number of benzene rings is 1. The third kappa shape index (κ3) is 3.72. The van der Waals surface area contributed by atoms with E-state index >= 15 is 0 Å². The summed E-state index contributed by atoms with van der Waals surface area (Å²) in [4.78, 5) is 12.5. The van der Waals surface area contributed by atoms with Crippen molar-refractivity contribution in [3.8, 4) is 6.01 Å². The number of fused-ring (bicyclic) bond motifs is 1. The Morgan fingerprint density at radius 1 is 1.17 bits per heavy atom. The summed E-state index contributed by atoms with van der Waals surface area (Å²) in [6.07, 6.45) is -2.61. The molecule has 2 unspecified atom stereocenters. The second-order valence-electron chi connectivity index (χ2n) is 6.67. The van der Waals surface area contributed by atoms with Crippen LogP contribution in [0.2, 0.25) is 0 Å². The summed E-state index contributed by atoms with van der Waals surface area (Å²) in [5.74, 6) is -0.230. The average molecular weight is 405 g/mol. The van der Waals surface area contributed by atoms with Gasteiger partial charge in [0.15, 0.2) is 23.2 Å². The van der Waals surface area contributed by atoms with Gasteiger partial charge in [-0.25, -0.2) is 9.37 Å². The van der Waals surface area contributed by atoms with Crippen molar-refractivity contribution in [3.63, 3.8) is 0 Å². The van der Waals surface area contributed by atoms with Gasteiger partial charge < -0.3 is 30.5 Å². The molecular formula is C18H20FN5O5. The zero-order valence-corrected chi connectivity index (χ0v) is 15.2. The van der Waals surface area contributed by atoms with Gasteiger partial charge in [0, 0.05) is 6.42 Å². The fourth-order valence-corrected chi connectivity index (χ4v) is 3.19. The lowest BCUT2D eigenvalue weighted by atomic mass is 10.1. The number of rotatable bonds is 6. The van der Waals surface area contributed by atoms with Crippen LogP contribution in [0.5, 0.6) is 6.01 Å². The lowest BCUT2D eigenvalue weighted by Crippen LogP contribution is -2.33. The molecule has 0 radical (unpaired) electrons. The van der Waals surface area contributed by atoms with Crippen LogP contribution in [0, 0.1) is 5.82 Å². The number of aromatic nitrogens is 4. The van der Waals surface area contributed by atoms with Gasteiger partial charge in [-0.15, -0.1) is 0 Å². The Kier molecular flexibility index (Phi) is 5.28. The zero-order valence-electron chi connectivity index (χ0n) is 15.2. The highest BCUT2D eigenvalue weighted by Gasteiger charge is 2.44. The minimum Gasteiger partial charge on any atom is -0.463 e. The third-order valence-electron chi connectivity index (χ3n) is 4.75. The largest absolute Gasteiger partial charge is 0.463 e. The van der Waals surface area contributed by atoms with Crippen LogP contribution in [-0.2, 0) is 11.2 Å². The molecule has 1 aliphatic rings. The first-order valence-corrected chi connectivity index (χ1v) is 8.97. The molecule has 154 valence electrons. The van der Waals surface area contributed by atoms with Crippen molar-refractivity contribution in [1.82, 2.24) is 19.5 Å². The first-order valence-electron chi connectivity index (χ1n) is 8.97. The fourth-order valence-electron chi connectivity index (χ4n) is 3.19. The van der Waals surface area contributed by atoms with Crippen LogP contribution < -0.4 is 10.5 Å². The molecular weight excluding hydrogens is 385 g/mol. The lowest BCUT2D eigenvalue weighted by molar-refractivity contribution is -0.0511. The van der Waals surface area contributed by atoms with Crippen molar-refractivity contribution in [1.29, 1.82) is 0 Å². The molecule has 4 atom stereocenters. The molecule has 1 fully saturated rings. The Hall–Kier alpha value is -2.86. The van der Waals surface area contributed by atoms with E-state index in [1.807, 2.05) is 0 Å². The highest BCUT2D eigenvalue weighted by Crippen LogP contribution is 2.32. The minimum atomic E-state index is -1.29. The maximum absolute atomic E-state index is 13.0. The highest BCUT2D eigenvalue weighted by atomic mass is 19.1. The van der Waals surface area contributed by atoms with Crippen LogP contribution in [0.3, 0.4) is 0 Å². The van der Waals surface area contributed by atoms with Crippen molar-refractivity contribution in [2.45, 2.75) is 31.0 Å². The molecule has 1 aliphatic heterocycles. The lowest BCUT2D eigenvalue weighted by Gasteiger charge is -2.16. The maximum Gasteiger partial charge on any atom is 0.320 e. The highest BCUT2D eigenvalue weighted by molar-refractivity contribution is 5.82. The Labute approximate surface area is 164 Å². The second-order valence-corrected chi connectivity index (χ2v) is 6.67. The summed E-state index contributed by atoms with van der Waals surface area (Å²) in [6.45, 7) is -0.213. The normalized spacial score (nSPS) is 24.3. The van der Waals surface area contributed by atoms with Crippen molar-refractivity contribution in [2.75, 3.05) is 18.9 Å². The Morgan fingerprint density at radius 3 is 2.62 bits per heavy atom. The number of hydrogen-bond acceptors (Lipinski definition) is 9. The number of nitrogens with two attached hydrogens (primary N) is 1. The molecule has 3 aromatic rings. The molecule has 4 rings (SSSR count). The molecule has 1 aromatic carbocycles. The Bertz CT molecular complexity index is 998. The molecule has 2 aromatic heterocycles. The average Bonchev–Trinajstić information content (AvgIpc) is 3.25. The summed E-state index contributed by atoms with van der Waals surface area (Å²) in [5, 5.41) is 29.5. The van der Waals surface area contributed by atoms with Crippen LogP contribution in [0.15, 0.2) is 30.6 Å². The number of anilines is 1. The number of imidazole rings is 1. The van der Waals surface area contributed by atoms with E-state index in [4.69, 9.17) is 15.2 Å². The SMILES string of the molecule is Nc1nc(OCCc2ccc(F)cc2)nc2c1ncn2[C@@H]1O[C@H](CO)C(O)C1O. The molecule has 11 heteroatoms. The molecule has 0 bridgehead atoms. The number of nitrogen functional groups attached to an aromatic ring is 1. The van der Waals surface area contributed by atoms with Gasteiger partial charge in [0.25, 0.3) is 0 Å². The molecule has 0 saturated carbocycles. The molecule has 0 aliphatic carbocycles. The maximum atomic E-state index is 13.0. The predicted molar refractivity (Wildman–Crippen MR) is 98.3 cm³/mol. The number of nitrogens with zero attached hydrogens (tertiary/aromatic N) is 4. The summed E-state index contributed by atoms with van der Waals surface area (Å²) < 4.78 is 25.5. The Morgan fingerprint density at radius 2 is 1.93 bits per heavy atom. The summed E-state index contributed by atoms with van der Waals surface area (Å²) >= 11 is 0. The standard InChI is InChI=1S/C18H20FN5O5/c19-10-3-1-9(2-4-10)5-6-28-18-22-15(20)12-16(23-18)24(8-21-12)17-14(27)13(26)11(7-25)29-17/h1-4,8,11,13-14,17,25-27H,5-7H2,(H2,20,22,23)/t11-,13?,14?,17-/m1/s1. The van der Waals surface area contributed by atoms with Gasteiger partial charge in [-0.2, -0.15) is 9.97 Å². The topological polar surface area (TPSA) is 149 Å². The van der Waals surface area contributed by atoms with Gasteiger partial charge in [0.2, 0.25) is 0 Å². The van der Waals surface area contributed by atoms with Gasteiger partial charge in [0.1, 0.15) is 24.1 Å². The van der Waals surface area contributed by atoms with Crippen molar-refractivity contribution in [3.05, 3.63) is 42.0 Å². The van der Waals surface area contributed by atoms with Crippen LogP contribution in [0.4, 0.5) is 10.2 Å². The smallest absolute Gasteiger partial charge is 0.320 e. The van der Waals surface area contributed by atoms with Crippen molar-refractivity contribution >= 4 is 17.0 Å². The molecule has 10 nitrogen and oxygen atoms in total. The first-order chi connectivity index (χ1) is 14.0. The van der Waals surface area contributed by atoms with E-state index in [0.29, 0.717) is 6.42 Å². The predicted octanol–water partition coefficient (Wildman–Crippen LogP) is -0.219. The van der Waals surface area contributed by atoms with E-state index in [9.17, 15) is 19.7 Å². The third-order valence-corrected chi connectivity index (χ3v) is 4.75. The first kappa shape index (κ1) is 19.5.